The number of piperazine rings is 1. The van der Waals surface area contributed by atoms with Gasteiger partial charge < -0.3 is 10.2 Å². The second-order valence-corrected chi connectivity index (χ2v) is 5.77. The van der Waals surface area contributed by atoms with Gasteiger partial charge in [0.05, 0.1) is 11.1 Å². The molecule has 0 aromatic carbocycles. The number of rotatable bonds is 3. The molecule has 0 bridgehead atoms. The maximum Gasteiger partial charge on any atom is 0.233 e. The van der Waals surface area contributed by atoms with E-state index in [1.165, 1.54) is 19.3 Å². The first-order chi connectivity index (χ1) is 7.17. The number of fused-ring (bicyclic) bond motifs is 1. The molecule has 2 aliphatic heterocycles. The molecule has 0 aliphatic carbocycles. The van der Waals surface area contributed by atoms with Crippen LogP contribution >= 0.6 is 11.8 Å². The van der Waals surface area contributed by atoms with Gasteiger partial charge in [-0.2, -0.15) is 0 Å². The Kier molecular flexibility index (Phi) is 3.26. The minimum atomic E-state index is 0.130. The highest BCUT2D eigenvalue weighted by molar-refractivity contribution is 8.01. The lowest BCUT2D eigenvalue weighted by atomic mass is 9.92. The average Bonchev–Trinajstić information content (AvgIpc) is 2.60. The summed E-state index contributed by atoms with van der Waals surface area (Å²) < 4.78 is 0. The number of hydrogen-bond acceptors (Lipinski definition) is 3. The molecule has 15 heavy (non-hydrogen) atoms. The Morgan fingerprint density at radius 1 is 1.67 bits per heavy atom. The molecular formula is C11H20N2OS. The molecule has 0 spiro atoms. The average molecular weight is 228 g/mol. The van der Waals surface area contributed by atoms with Crippen LogP contribution in [0.25, 0.3) is 0 Å². The van der Waals surface area contributed by atoms with Gasteiger partial charge in [-0.25, -0.2) is 0 Å². The number of carbonyl (C=O) groups is 1. The van der Waals surface area contributed by atoms with E-state index >= 15 is 0 Å². The summed E-state index contributed by atoms with van der Waals surface area (Å²) in [5.41, 5.74) is 0.130. The molecule has 86 valence electrons. The monoisotopic (exact) mass is 228 g/mol. The summed E-state index contributed by atoms with van der Waals surface area (Å²) >= 11 is 1.81. The van der Waals surface area contributed by atoms with Crippen molar-refractivity contribution in [1.82, 2.24) is 10.2 Å². The van der Waals surface area contributed by atoms with Crippen molar-refractivity contribution in [3.63, 3.8) is 0 Å². The van der Waals surface area contributed by atoms with Gasteiger partial charge in [-0.05, 0) is 13.3 Å². The molecule has 2 aliphatic rings. The molecule has 1 N–H and O–H groups in total. The molecule has 2 atom stereocenters. The smallest absolute Gasteiger partial charge is 0.233 e. The van der Waals surface area contributed by atoms with Crippen LogP contribution in [0.5, 0.6) is 0 Å². The predicted molar refractivity (Wildman–Crippen MR) is 63.9 cm³/mol. The maximum atomic E-state index is 11.6. The number of nitrogens with zero attached hydrogens (tertiary/aromatic N) is 1. The second-order valence-electron chi connectivity index (χ2n) is 4.70. The third-order valence-electron chi connectivity index (χ3n) is 3.44. The molecule has 2 heterocycles. The fraction of sp³-hybridized carbons (Fsp3) is 0.909. The predicted octanol–water partition coefficient (Wildman–Crippen LogP) is 1.44. The Labute approximate surface area is 96.0 Å². The van der Waals surface area contributed by atoms with Crippen LogP contribution in [0.3, 0.4) is 0 Å². The maximum absolute atomic E-state index is 11.6. The summed E-state index contributed by atoms with van der Waals surface area (Å²) in [5, 5.41) is 3.97. The molecule has 4 heteroatoms. The van der Waals surface area contributed by atoms with Crippen molar-refractivity contribution in [1.29, 1.82) is 0 Å². The topological polar surface area (TPSA) is 32.3 Å². The lowest BCUT2D eigenvalue weighted by Gasteiger charge is -2.45. The molecular weight excluding hydrogens is 208 g/mol. The molecule has 0 radical (unpaired) electrons. The fourth-order valence-corrected chi connectivity index (χ4v) is 3.97. The van der Waals surface area contributed by atoms with E-state index in [9.17, 15) is 4.79 Å². The summed E-state index contributed by atoms with van der Waals surface area (Å²) in [6.07, 6.45) is 3.64. The van der Waals surface area contributed by atoms with E-state index < -0.39 is 0 Å². The third kappa shape index (κ3) is 2.02. The highest BCUT2D eigenvalue weighted by Crippen LogP contribution is 2.37. The van der Waals surface area contributed by atoms with Crippen LogP contribution in [0, 0.1) is 0 Å². The van der Waals surface area contributed by atoms with Gasteiger partial charge in [-0.1, -0.05) is 19.8 Å². The zero-order valence-corrected chi connectivity index (χ0v) is 10.4. The Bertz CT molecular complexity index is 259. The van der Waals surface area contributed by atoms with Crippen molar-refractivity contribution in [3.8, 4) is 0 Å². The van der Waals surface area contributed by atoms with Gasteiger partial charge in [0.15, 0.2) is 0 Å². The number of hydrogen-bond donors (Lipinski definition) is 1. The Hall–Kier alpha value is -0.220. The van der Waals surface area contributed by atoms with E-state index in [0.717, 1.165) is 13.1 Å². The first kappa shape index (κ1) is 11.3. The van der Waals surface area contributed by atoms with E-state index in [0.29, 0.717) is 17.0 Å². The van der Waals surface area contributed by atoms with Crippen molar-refractivity contribution < 1.29 is 4.79 Å². The summed E-state index contributed by atoms with van der Waals surface area (Å²) in [7, 11) is 0. The van der Waals surface area contributed by atoms with Gasteiger partial charge in [-0.15, -0.1) is 11.8 Å². The van der Waals surface area contributed by atoms with Crippen molar-refractivity contribution >= 4 is 17.7 Å². The first-order valence-corrected chi connectivity index (χ1v) is 6.88. The molecule has 2 rings (SSSR count). The Morgan fingerprint density at radius 3 is 3.20 bits per heavy atom. The van der Waals surface area contributed by atoms with E-state index in [-0.39, 0.29) is 5.54 Å². The summed E-state index contributed by atoms with van der Waals surface area (Å²) in [6.45, 7) is 6.32. The molecule has 0 aromatic heterocycles. The number of thioether (sulfide) groups is 1. The zero-order chi connectivity index (χ0) is 10.9. The van der Waals surface area contributed by atoms with Crippen molar-refractivity contribution in [2.45, 2.75) is 44.0 Å². The lowest BCUT2D eigenvalue weighted by Crippen LogP contribution is -2.63. The van der Waals surface area contributed by atoms with Crippen LogP contribution in [0.4, 0.5) is 0 Å². The van der Waals surface area contributed by atoms with Crippen molar-refractivity contribution in [2.75, 3.05) is 18.8 Å². The number of amides is 1. The lowest BCUT2D eigenvalue weighted by molar-refractivity contribution is -0.130. The minimum absolute atomic E-state index is 0.130. The Balaban J connectivity index is 2.08. The molecule has 3 nitrogen and oxygen atoms in total. The summed E-state index contributed by atoms with van der Waals surface area (Å²) in [5.74, 6) is 1.00. The van der Waals surface area contributed by atoms with Gasteiger partial charge in [0.2, 0.25) is 5.91 Å². The molecule has 2 saturated heterocycles. The van der Waals surface area contributed by atoms with Crippen LogP contribution in [-0.4, -0.2) is 40.6 Å². The van der Waals surface area contributed by atoms with Crippen LogP contribution in [0.1, 0.15) is 33.1 Å². The number of carbonyl (C=O) groups excluding carboxylic acids is 1. The minimum Gasteiger partial charge on any atom is -0.327 e. The SMILES string of the molecule is CCCC[C@@]1(C)NCCN2C(=O)CS[C@@H]21. The molecule has 0 saturated carbocycles. The van der Waals surface area contributed by atoms with Crippen LogP contribution in [0.15, 0.2) is 0 Å². The summed E-state index contributed by atoms with van der Waals surface area (Å²) in [6, 6.07) is 0. The molecule has 0 aromatic rings. The normalized spacial score (nSPS) is 35.7. The van der Waals surface area contributed by atoms with Crippen molar-refractivity contribution in [2.24, 2.45) is 0 Å². The van der Waals surface area contributed by atoms with Gasteiger partial charge in [0, 0.05) is 18.6 Å². The highest BCUT2D eigenvalue weighted by atomic mass is 32.2. The number of unbranched alkanes of at least 4 members (excludes halogenated alkanes) is 1. The molecule has 2 fully saturated rings. The van der Waals surface area contributed by atoms with E-state index in [1.54, 1.807) is 11.8 Å². The van der Waals surface area contributed by atoms with E-state index in [2.05, 4.69) is 24.1 Å². The quantitative estimate of drug-likeness (QED) is 0.793. The largest absolute Gasteiger partial charge is 0.327 e. The van der Waals surface area contributed by atoms with Crippen LogP contribution in [-0.2, 0) is 4.79 Å². The van der Waals surface area contributed by atoms with E-state index in [4.69, 9.17) is 0 Å². The third-order valence-corrected chi connectivity index (χ3v) is 4.95. The summed E-state index contributed by atoms with van der Waals surface area (Å²) in [4.78, 5) is 13.7. The molecule has 0 unspecified atom stereocenters. The van der Waals surface area contributed by atoms with Crippen LogP contribution < -0.4 is 5.32 Å². The Morgan fingerprint density at radius 2 is 2.47 bits per heavy atom. The first-order valence-electron chi connectivity index (χ1n) is 5.83. The zero-order valence-electron chi connectivity index (χ0n) is 9.58. The van der Waals surface area contributed by atoms with Crippen LogP contribution in [0.2, 0.25) is 0 Å². The molecule has 1 amide bonds. The standard InChI is InChI=1S/C11H20N2OS/c1-3-4-5-11(2)10-13(7-6-12-11)9(14)8-15-10/h10,12H,3-8H2,1-2H3/t10-,11-/m1/s1. The van der Waals surface area contributed by atoms with Crippen molar-refractivity contribution in [3.05, 3.63) is 0 Å². The number of nitrogens with one attached hydrogen (secondary N) is 1. The van der Waals surface area contributed by atoms with E-state index in [1.807, 2.05) is 0 Å². The van der Waals surface area contributed by atoms with Gasteiger partial charge >= 0.3 is 0 Å². The van der Waals surface area contributed by atoms with Gasteiger partial charge in [-0.3, -0.25) is 4.79 Å². The highest BCUT2D eigenvalue weighted by Gasteiger charge is 2.46. The second kappa shape index (κ2) is 4.34. The fourth-order valence-electron chi connectivity index (χ4n) is 2.53. The van der Waals surface area contributed by atoms with Gasteiger partial charge in [0.1, 0.15) is 0 Å². The van der Waals surface area contributed by atoms with Gasteiger partial charge in [0.25, 0.3) is 0 Å².